The number of aromatic nitrogens is 5. The molecule has 10 nitrogen and oxygen atoms in total. The summed E-state index contributed by atoms with van der Waals surface area (Å²) in [5.41, 5.74) is 2.89. The Hall–Kier alpha value is -3.24. The molecular weight excluding hydrogens is 456 g/mol. The monoisotopic (exact) mass is 482 g/mol. The van der Waals surface area contributed by atoms with Crippen LogP contribution in [0.4, 0.5) is 17.5 Å². The zero-order valence-electron chi connectivity index (χ0n) is 19.4. The van der Waals surface area contributed by atoms with Crippen LogP contribution >= 0.6 is 11.6 Å². The van der Waals surface area contributed by atoms with E-state index in [-0.39, 0.29) is 5.91 Å². The Morgan fingerprint density at radius 2 is 2.15 bits per heavy atom. The molecule has 0 bridgehead atoms. The van der Waals surface area contributed by atoms with Crippen LogP contribution in [0, 0.1) is 6.92 Å². The van der Waals surface area contributed by atoms with Crippen molar-refractivity contribution in [2.45, 2.75) is 50.9 Å². The molecule has 1 amide bonds. The van der Waals surface area contributed by atoms with Crippen LogP contribution < -0.4 is 15.5 Å². The number of anilines is 3. The number of nitrogens with zero attached hydrogens (tertiary/aromatic N) is 6. The number of pyridine rings is 1. The number of hydrogen-bond acceptors (Lipinski definition) is 8. The molecule has 11 heteroatoms. The van der Waals surface area contributed by atoms with E-state index in [1.807, 2.05) is 48.1 Å². The fourth-order valence-corrected chi connectivity index (χ4v) is 4.92. The molecule has 0 radical (unpaired) electrons. The van der Waals surface area contributed by atoms with Crippen molar-refractivity contribution < 1.29 is 9.53 Å². The number of nitrogens with one attached hydrogen (secondary N) is 2. The number of hydrogen-bond donors (Lipinski definition) is 2. The van der Waals surface area contributed by atoms with Gasteiger partial charge in [0.1, 0.15) is 16.9 Å². The van der Waals surface area contributed by atoms with Crippen LogP contribution in [0.3, 0.4) is 0 Å². The number of likely N-dealkylation sites (N-methyl/N-ethyl adjacent to an activating group) is 1. The topological polar surface area (TPSA) is 110 Å². The highest BCUT2D eigenvalue weighted by atomic mass is 35.5. The van der Waals surface area contributed by atoms with Crippen molar-refractivity contribution in [2.24, 2.45) is 0 Å². The molecule has 4 heterocycles. The van der Waals surface area contributed by atoms with E-state index in [0.717, 1.165) is 30.4 Å². The Kier molecular flexibility index (Phi) is 5.86. The van der Waals surface area contributed by atoms with Gasteiger partial charge in [0.2, 0.25) is 11.9 Å². The van der Waals surface area contributed by atoms with E-state index in [0.29, 0.717) is 41.4 Å². The lowest BCUT2D eigenvalue weighted by atomic mass is 9.73. The van der Waals surface area contributed by atoms with Crippen LogP contribution in [0.1, 0.15) is 36.1 Å². The van der Waals surface area contributed by atoms with Crippen molar-refractivity contribution in [1.29, 1.82) is 0 Å². The van der Waals surface area contributed by atoms with Gasteiger partial charge < -0.3 is 20.3 Å². The standard InChI is InChI=1S/C23H27ClN8O2/c1-14-18-20(31(2)19(21(33)29-18)23(34-3)6-4-7-23)30-22(28-14)26-10-16-11-27-32(13-16)12-15-5-8-25-17(24)9-15/h5,8-9,11,13,19H,4,6-7,10,12H2,1-3H3,(H,29,33)(H,26,28,30)/t19-/m1/s1. The Morgan fingerprint density at radius 1 is 1.32 bits per heavy atom. The summed E-state index contributed by atoms with van der Waals surface area (Å²) in [4.78, 5) is 28.2. The van der Waals surface area contributed by atoms with Gasteiger partial charge in [-0.05, 0) is 43.9 Å². The zero-order valence-corrected chi connectivity index (χ0v) is 20.1. The Bertz CT molecular complexity index is 1220. The lowest BCUT2D eigenvalue weighted by molar-refractivity contribution is -0.135. The first-order valence-corrected chi connectivity index (χ1v) is 11.6. The van der Waals surface area contributed by atoms with Crippen molar-refractivity contribution >= 4 is 35.0 Å². The average Bonchev–Trinajstić information content (AvgIpc) is 3.22. The molecule has 0 unspecified atom stereocenters. The summed E-state index contributed by atoms with van der Waals surface area (Å²) in [7, 11) is 3.57. The number of carbonyl (C=O) groups is 1. The Labute approximate surface area is 202 Å². The van der Waals surface area contributed by atoms with E-state index in [9.17, 15) is 4.79 Å². The van der Waals surface area contributed by atoms with E-state index in [2.05, 4.69) is 25.7 Å². The molecule has 3 aromatic heterocycles. The van der Waals surface area contributed by atoms with Crippen molar-refractivity contribution in [3.05, 3.63) is 52.7 Å². The van der Waals surface area contributed by atoms with Crippen molar-refractivity contribution in [1.82, 2.24) is 24.7 Å². The number of carbonyl (C=O) groups excluding carboxylic acids is 1. The van der Waals surface area contributed by atoms with Crippen molar-refractivity contribution in [3.63, 3.8) is 0 Å². The second kappa shape index (κ2) is 8.84. The van der Waals surface area contributed by atoms with E-state index >= 15 is 0 Å². The second-order valence-electron chi connectivity index (χ2n) is 8.84. The summed E-state index contributed by atoms with van der Waals surface area (Å²) < 4.78 is 7.65. The molecule has 0 spiro atoms. The first-order chi connectivity index (χ1) is 16.4. The summed E-state index contributed by atoms with van der Waals surface area (Å²) in [5.74, 6) is 1.10. The van der Waals surface area contributed by atoms with Crippen LogP contribution in [-0.4, -0.2) is 56.4 Å². The molecule has 1 aliphatic heterocycles. The number of aryl methyl sites for hydroxylation is 1. The third-order valence-electron chi connectivity index (χ3n) is 6.67. The molecule has 34 heavy (non-hydrogen) atoms. The van der Waals surface area contributed by atoms with E-state index in [1.165, 1.54) is 0 Å². The number of halogens is 1. The molecule has 2 aliphatic rings. The van der Waals surface area contributed by atoms with Crippen molar-refractivity contribution in [3.8, 4) is 0 Å². The number of amides is 1. The molecule has 1 fully saturated rings. The third-order valence-corrected chi connectivity index (χ3v) is 6.87. The van der Waals surface area contributed by atoms with E-state index < -0.39 is 11.6 Å². The van der Waals surface area contributed by atoms with Gasteiger partial charge in [-0.15, -0.1) is 0 Å². The van der Waals surface area contributed by atoms with Crippen LogP contribution in [0.5, 0.6) is 0 Å². The normalized spacial score (nSPS) is 18.8. The summed E-state index contributed by atoms with van der Waals surface area (Å²) in [6.45, 7) is 2.98. The minimum atomic E-state index is -0.476. The highest BCUT2D eigenvalue weighted by Gasteiger charge is 2.52. The predicted molar refractivity (Wildman–Crippen MR) is 129 cm³/mol. The number of methoxy groups -OCH3 is 1. The van der Waals surface area contributed by atoms with Gasteiger partial charge in [-0.1, -0.05) is 11.6 Å². The maximum absolute atomic E-state index is 12.9. The maximum Gasteiger partial charge on any atom is 0.250 e. The third kappa shape index (κ3) is 4.07. The number of rotatable bonds is 7. The summed E-state index contributed by atoms with van der Waals surface area (Å²) in [6.07, 6.45) is 8.22. The summed E-state index contributed by atoms with van der Waals surface area (Å²) >= 11 is 5.97. The van der Waals surface area contributed by atoms with Gasteiger partial charge in [0.05, 0.1) is 24.0 Å². The second-order valence-corrected chi connectivity index (χ2v) is 9.23. The number of ether oxygens (including phenoxy) is 1. The molecule has 3 aromatic rings. The largest absolute Gasteiger partial charge is 0.376 e. The van der Waals surface area contributed by atoms with Gasteiger partial charge >= 0.3 is 0 Å². The molecule has 1 aliphatic carbocycles. The fraction of sp³-hybridized carbons (Fsp3) is 0.435. The predicted octanol–water partition coefficient (Wildman–Crippen LogP) is 3.02. The Morgan fingerprint density at radius 3 is 2.85 bits per heavy atom. The van der Waals surface area contributed by atoms with Gasteiger partial charge in [-0.3, -0.25) is 9.48 Å². The zero-order chi connectivity index (χ0) is 23.9. The number of fused-ring (bicyclic) bond motifs is 1. The molecule has 2 N–H and O–H groups in total. The lowest BCUT2D eigenvalue weighted by Crippen LogP contribution is -2.64. The van der Waals surface area contributed by atoms with Gasteiger partial charge in [0.25, 0.3) is 0 Å². The van der Waals surface area contributed by atoms with E-state index in [1.54, 1.807) is 13.3 Å². The lowest BCUT2D eigenvalue weighted by Gasteiger charge is -2.50. The summed E-state index contributed by atoms with van der Waals surface area (Å²) in [6, 6.07) is 3.31. The van der Waals surface area contributed by atoms with Crippen LogP contribution in [0.15, 0.2) is 30.7 Å². The molecule has 5 rings (SSSR count). The van der Waals surface area contributed by atoms with Crippen molar-refractivity contribution in [2.75, 3.05) is 29.7 Å². The van der Waals surface area contributed by atoms with E-state index in [4.69, 9.17) is 21.3 Å². The minimum absolute atomic E-state index is 0.0770. The SMILES string of the molecule is COC1([C@H]2C(=O)Nc3c(C)nc(NCc4cnn(Cc5ccnc(Cl)c5)c4)nc3N2C)CCC1. The van der Waals surface area contributed by atoms with Gasteiger partial charge in [0.15, 0.2) is 5.82 Å². The fourth-order valence-electron chi connectivity index (χ4n) is 4.73. The first-order valence-electron chi connectivity index (χ1n) is 11.2. The smallest absolute Gasteiger partial charge is 0.250 e. The van der Waals surface area contributed by atoms with Crippen LogP contribution in [-0.2, 0) is 22.6 Å². The molecule has 0 saturated heterocycles. The average molecular weight is 483 g/mol. The first kappa shape index (κ1) is 22.5. The molecule has 1 saturated carbocycles. The van der Waals surface area contributed by atoms with Gasteiger partial charge in [-0.2, -0.15) is 10.1 Å². The quantitative estimate of drug-likeness (QED) is 0.494. The van der Waals surface area contributed by atoms with Crippen LogP contribution in [0.2, 0.25) is 5.15 Å². The van der Waals surface area contributed by atoms with Gasteiger partial charge in [0, 0.05) is 38.7 Å². The molecule has 0 aromatic carbocycles. The molecular formula is C23H27ClN8O2. The summed E-state index contributed by atoms with van der Waals surface area (Å²) in [5, 5.41) is 11.2. The van der Waals surface area contributed by atoms with Crippen LogP contribution in [0.25, 0.3) is 0 Å². The molecule has 178 valence electrons. The maximum atomic E-state index is 12.9. The van der Waals surface area contributed by atoms with Gasteiger partial charge in [-0.25, -0.2) is 9.97 Å². The highest BCUT2D eigenvalue weighted by Crippen LogP contribution is 2.44. The Balaban J connectivity index is 1.31. The highest BCUT2D eigenvalue weighted by molar-refractivity contribution is 6.29. The molecule has 1 atom stereocenters. The minimum Gasteiger partial charge on any atom is -0.376 e.